The first-order chi connectivity index (χ1) is 10.1. The minimum Gasteiger partial charge on any atom is -0.394 e. The van der Waals surface area contributed by atoms with Crippen molar-refractivity contribution in [3.05, 3.63) is 33.2 Å². The second-order valence-corrected chi connectivity index (χ2v) is 6.41. The monoisotopic (exact) mass is 307 g/mol. The van der Waals surface area contributed by atoms with Gasteiger partial charge in [-0.25, -0.2) is 4.98 Å². The van der Waals surface area contributed by atoms with E-state index in [0.29, 0.717) is 4.96 Å². The maximum atomic E-state index is 12.4. The number of carbonyl (C=O) groups is 1. The van der Waals surface area contributed by atoms with Crippen molar-refractivity contribution in [3.63, 3.8) is 0 Å². The molecule has 1 saturated carbocycles. The molecular formula is C14H17N3O3S. The Morgan fingerprint density at radius 3 is 2.90 bits per heavy atom. The van der Waals surface area contributed by atoms with Gasteiger partial charge in [-0.3, -0.25) is 14.0 Å². The van der Waals surface area contributed by atoms with E-state index in [1.807, 2.05) is 5.38 Å². The first-order valence-corrected chi connectivity index (χ1v) is 7.83. The van der Waals surface area contributed by atoms with Gasteiger partial charge in [-0.15, -0.1) is 11.3 Å². The zero-order valence-corrected chi connectivity index (χ0v) is 12.6. The average Bonchev–Trinajstić information content (AvgIpc) is 3.07. The number of aryl methyl sites for hydroxylation is 1. The SMILES string of the molecule is Cc1csc2ncc(C(=O)NC3(CO)CCCC3)c(=O)n12. The van der Waals surface area contributed by atoms with Gasteiger partial charge in [0.1, 0.15) is 5.56 Å². The zero-order chi connectivity index (χ0) is 15.0. The Bertz CT molecular complexity index is 743. The van der Waals surface area contributed by atoms with Gasteiger partial charge in [0.25, 0.3) is 11.5 Å². The van der Waals surface area contributed by atoms with Crippen LogP contribution in [0.1, 0.15) is 41.7 Å². The number of hydrogen-bond acceptors (Lipinski definition) is 5. The quantitative estimate of drug-likeness (QED) is 0.889. The summed E-state index contributed by atoms with van der Waals surface area (Å²) in [6.07, 6.45) is 4.75. The van der Waals surface area contributed by atoms with Gasteiger partial charge in [0, 0.05) is 17.3 Å². The molecule has 7 heteroatoms. The van der Waals surface area contributed by atoms with Crippen LogP contribution < -0.4 is 10.9 Å². The second-order valence-electron chi connectivity index (χ2n) is 5.57. The van der Waals surface area contributed by atoms with Crippen molar-refractivity contribution >= 4 is 22.2 Å². The minimum atomic E-state index is -0.590. The Kier molecular flexibility index (Phi) is 3.54. The van der Waals surface area contributed by atoms with Crippen LogP contribution in [-0.4, -0.2) is 32.5 Å². The molecule has 2 N–H and O–H groups in total. The van der Waals surface area contributed by atoms with Crippen molar-refractivity contribution in [2.75, 3.05) is 6.61 Å². The van der Waals surface area contributed by atoms with E-state index in [4.69, 9.17) is 0 Å². The van der Waals surface area contributed by atoms with Crippen LogP contribution in [0.15, 0.2) is 16.4 Å². The number of aromatic nitrogens is 2. The maximum absolute atomic E-state index is 12.4. The molecule has 0 unspecified atom stereocenters. The molecule has 21 heavy (non-hydrogen) atoms. The fraction of sp³-hybridized carbons (Fsp3) is 0.500. The smallest absolute Gasteiger partial charge is 0.271 e. The molecule has 1 fully saturated rings. The van der Waals surface area contributed by atoms with Crippen molar-refractivity contribution in [1.82, 2.24) is 14.7 Å². The van der Waals surface area contributed by atoms with E-state index < -0.39 is 11.4 Å². The third-order valence-electron chi connectivity index (χ3n) is 4.10. The van der Waals surface area contributed by atoms with Crippen molar-refractivity contribution in [2.24, 2.45) is 0 Å². The number of hydrogen-bond donors (Lipinski definition) is 2. The summed E-state index contributed by atoms with van der Waals surface area (Å²) in [5.74, 6) is -0.455. The molecule has 2 heterocycles. The van der Waals surface area contributed by atoms with Gasteiger partial charge in [-0.2, -0.15) is 0 Å². The molecule has 2 aromatic rings. The number of nitrogens with one attached hydrogen (secondary N) is 1. The lowest BCUT2D eigenvalue weighted by Gasteiger charge is -2.27. The highest BCUT2D eigenvalue weighted by Gasteiger charge is 2.35. The fourth-order valence-corrected chi connectivity index (χ4v) is 3.69. The summed E-state index contributed by atoms with van der Waals surface area (Å²) in [6, 6.07) is 0. The standard InChI is InChI=1S/C14H17N3O3S/c1-9-7-21-13-15-6-10(12(20)17(9)13)11(19)16-14(8-18)4-2-3-5-14/h6-7,18H,2-5,8H2,1H3,(H,16,19). The van der Waals surface area contributed by atoms with E-state index in [-0.39, 0.29) is 17.7 Å². The normalized spacial score (nSPS) is 17.2. The molecular weight excluding hydrogens is 290 g/mol. The molecule has 0 saturated heterocycles. The van der Waals surface area contributed by atoms with Gasteiger partial charge in [0.15, 0.2) is 4.96 Å². The topological polar surface area (TPSA) is 83.7 Å². The van der Waals surface area contributed by atoms with Gasteiger partial charge in [-0.1, -0.05) is 12.8 Å². The molecule has 0 bridgehead atoms. The fourth-order valence-electron chi connectivity index (χ4n) is 2.86. The number of aliphatic hydroxyl groups excluding tert-OH is 1. The molecule has 1 amide bonds. The van der Waals surface area contributed by atoms with Crippen LogP contribution in [0.25, 0.3) is 4.96 Å². The van der Waals surface area contributed by atoms with E-state index in [2.05, 4.69) is 10.3 Å². The third-order valence-corrected chi connectivity index (χ3v) is 5.06. The molecule has 0 spiro atoms. The molecule has 2 aromatic heterocycles. The van der Waals surface area contributed by atoms with Crippen molar-refractivity contribution in [2.45, 2.75) is 38.1 Å². The van der Waals surface area contributed by atoms with E-state index in [1.165, 1.54) is 21.9 Å². The lowest BCUT2D eigenvalue weighted by Crippen LogP contribution is -2.50. The zero-order valence-electron chi connectivity index (χ0n) is 11.8. The first kappa shape index (κ1) is 14.2. The Morgan fingerprint density at radius 2 is 2.24 bits per heavy atom. The Labute approximate surface area is 125 Å². The molecule has 0 aliphatic heterocycles. The summed E-state index contributed by atoms with van der Waals surface area (Å²) >= 11 is 1.37. The van der Waals surface area contributed by atoms with E-state index in [1.54, 1.807) is 6.92 Å². The molecule has 3 rings (SSSR count). The third kappa shape index (κ3) is 2.36. The number of nitrogens with zero attached hydrogens (tertiary/aromatic N) is 2. The van der Waals surface area contributed by atoms with E-state index in [0.717, 1.165) is 31.4 Å². The Hall–Kier alpha value is -1.73. The van der Waals surface area contributed by atoms with Gasteiger partial charge >= 0.3 is 0 Å². The minimum absolute atomic E-state index is 0.0220. The second kappa shape index (κ2) is 5.23. The predicted molar refractivity (Wildman–Crippen MR) is 79.8 cm³/mol. The Morgan fingerprint density at radius 1 is 1.52 bits per heavy atom. The van der Waals surface area contributed by atoms with Crippen LogP contribution in [0.2, 0.25) is 0 Å². The number of fused-ring (bicyclic) bond motifs is 1. The number of amides is 1. The summed E-state index contributed by atoms with van der Waals surface area (Å²) < 4.78 is 1.44. The average molecular weight is 307 g/mol. The van der Waals surface area contributed by atoms with Gasteiger partial charge in [0.2, 0.25) is 0 Å². The molecule has 0 radical (unpaired) electrons. The predicted octanol–water partition coefficient (Wildman–Crippen LogP) is 1.10. The van der Waals surface area contributed by atoms with E-state index >= 15 is 0 Å². The number of carbonyl (C=O) groups excluding carboxylic acids is 1. The summed E-state index contributed by atoms with van der Waals surface area (Å²) in [6.45, 7) is 1.70. The first-order valence-electron chi connectivity index (χ1n) is 6.95. The lowest BCUT2D eigenvalue weighted by atomic mass is 9.98. The van der Waals surface area contributed by atoms with Gasteiger partial charge in [0.05, 0.1) is 12.1 Å². The van der Waals surface area contributed by atoms with Crippen LogP contribution in [0, 0.1) is 6.92 Å². The van der Waals surface area contributed by atoms with Crippen LogP contribution >= 0.6 is 11.3 Å². The van der Waals surface area contributed by atoms with E-state index in [9.17, 15) is 14.7 Å². The van der Waals surface area contributed by atoms with Crippen LogP contribution in [-0.2, 0) is 0 Å². The highest BCUT2D eigenvalue weighted by molar-refractivity contribution is 7.15. The Balaban J connectivity index is 1.96. The van der Waals surface area contributed by atoms with Crippen molar-refractivity contribution in [3.8, 4) is 0 Å². The molecule has 112 valence electrons. The highest BCUT2D eigenvalue weighted by Crippen LogP contribution is 2.29. The van der Waals surface area contributed by atoms with Crippen LogP contribution in [0.4, 0.5) is 0 Å². The van der Waals surface area contributed by atoms with Gasteiger partial charge in [-0.05, 0) is 19.8 Å². The number of aliphatic hydroxyl groups is 1. The van der Waals surface area contributed by atoms with Gasteiger partial charge < -0.3 is 10.4 Å². The van der Waals surface area contributed by atoms with Crippen LogP contribution in [0.5, 0.6) is 0 Å². The number of thiazole rings is 1. The summed E-state index contributed by atoms with van der Waals surface area (Å²) in [4.78, 5) is 29.6. The lowest BCUT2D eigenvalue weighted by molar-refractivity contribution is 0.0836. The highest BCUT2D eigenvalue weighted by atomic mass is 32.1. The van der Waals surface area contributed by atoms with Crippen molar-refractivity contribution in [1.29, 1.82) is 0 Å². The number of rotatable bonds is 3. The molecule has 0 aromatic carbocycles. The molecule has 1 aliphatic carbocycles. The van der Waals surface area contributed by atoms with Crippen molar-refractivity contribution < 1.29 is 9.90 Å². The summed E-state index contributed by atoms with van der Waals surface area (Å²) in [5.41, 5.74) is -0.164. The molecule has 1 aliphatic rings. The largest absolute Gasteiger partial charge is 0.394 e. The maximum Gasteiger partial charge on any atom is 0.271 e. The molecule has 0 atom stereocenters. The van der Waals surface area contributed by atoms with Crippen LogP contribution in [0.3, 0.4) is 0 Å². The molecule has 6 nitrogen and oxygen atoms in total. The summed E-state index contributed by atoms with van der Waals surface area (Å²) in [5, 5.41) is 14.2. The summed E-state index contributed by atoms with van der Waals surface area (Å²) in [7, 11) is 0.